The minimum absolute atomic E-state index is 0.177. The lowest BCUT2D eigenvalue weighted by molar-refractivity contribution is 0.724. The van der Waals surface area contributed by atoms with Gasteiger partial charge in [-0.2, -0.15) is 0 Å². The summed E-state index contributed by atoms with van der Waals surface area (Å²) in [4.78, 5) is 0. The Morgan fingerprint density at radius 1 is 1.60 bits per heavy atom. The summed E-state index contributed by atoms with van der Waals surface area (Å²) in [5, 5.41) is 18.3. The maximum atomic E-state index is 5.21. The first-order chi connectivity index (χ1) is 7.29. The summed E-state index contributed by atoms with van der Waals surface area (Å²) in [6.45, 7) is 1.99. The first-order valence-electron chi connectivity index (χ1n) is 4.55. The van der Waals surface area contributed by atoms with E-state index in [4.69, 9.17) is 6.42 Å². The summed E-state index contributed by atoms with van der Waals surface area (Å²) in [6, 6.07) is 3.79. The Labute approximate surface area is 86.7 Å². The lowest BCUT2D eigenvalue weighted by Crippen LogP contribution is -2.16. The average molecular weight is 202 g/mol. The molecular weight excluding hydrogens is 192 g/mol. The van der Waals surface area contributed by atoms with E-state index in [1.807, 2.05) is 13.0 Å². The monoisotopic (exact) mass is 202 g/mol. The molecule has 0 aliphatic rings. The van der Waals surface area contributed by atoms with Crippen LogP contribution in [0, 0.1) is 12.3 Å². The van der Waals surface area contributed by atoms with Crippen molar-refractivity contribution >= 4 is 11.5 Å². The Morgan fingerprint density at radius 2 is 2.47 bits per heavy atom. The molecular formula is C9H10N6. The zero-order chi connectivity index (χ0) is 10.7. The van der Waals surface area contributed by atoms with Gasteiger partial charge in [0.05, 0.1) is 0 Å². The van der Waals surface area contributed by atoms with Gasteiger partial charge < -0.3 is 5.32 Å². The van der Waals surface area contributed by atoms with E-state index in [-0.39, 0.29) is 6.04 Å². The van der Waals surface area contributed by atoms with Crippen molar-refractivity contribution in [2.75, 3.05) is 5.32 Å². The van der Waals surface area contributed by atoms with Crippen LogP contribution < -0.4 is 5.32 Å². The highest BCUT2D eigenvalue weighted by atomic mass is 15.6. The SMILES string of the molecule is C#CCC(C)Nc1ccc2nnnn2n1. The first kappa shape index (κ1) is 9.40. The topological polar surface area (TPSA) is 68.0 Å². The van der Waals surface area contributed by atoms with Crippen molar-refractivity contribution in [3.63, 3.8) is 0 Å². The molecule has 2 heterocycles. The van der Waals surface area contributed by atoms with Crippen molar-refractivity contribution in [3.8, 4) is 12.3 Å². The van der Waals surface area contributed by atoms with Crippen molar-refractivity contribution in [1.29, 1.82) is 0 Å². The van der Waals surface area contributed by atoms with Gasteiger partial charge in [0.15, 0.2) is 5.65 Å². The quantitative estimate of drug-likeness (QED) is 0.727. The number of fused-ring (bicyclic) bond motifs is 1. The number of hydrogen-bond donors (Lipinski definition) is 1. The van der Waals surface area contributed by atoms with Crippen LogP contribution in [0.2, 0.25) is 0 Å². The molecule has 0 aliphatic carbocycles. The molecule has 0 radical (unpaired) electrons. The Morgan fingerprint density at radius 3 is 3.27 bits per heavy atom. The molecule has 1 N–H and O–H groups in total. The van der Waals surface area contributed by atoms with E-state index in [1.165, 1.54) is 4.63 Å². The van der Waals surface area contributed by atoms with E-state index < -0.39 is 0 Å². The largest absolute Gasteiger partial charge is 0.365 e. The van der Waals surface area contributed by atoms with Crippen molar-refractivity contribution < 1.29 is 0 Å². The van der Waals surface area contributed by atoms with Gasteiger partial charge >= 0.3 is 0 Å². The van der Waals surface area contributed by atoms with E-state index in [2.05, 4.69) is 31.9 Å². The van der Waals surface area contributed by atoms with Crippen LogP contribution in [0.5, 0.6) is 0 Å². The molecule has 15 heavy (non-hydrogen) atoms. The third-order valence-electron chi connectivity index (χ3n) is 1.89. The van der Waals surface area contributed by atoms with Crippen LogP contribution in [0.1, 0.15) is 13.3 Å². The Hall–Kier alpha value is -2.16. The fraction of sp³-hybridized carbons (Fsp3) is 0.333. The van der Waals surface area contributed by atoms with Crippen LogP contribution in [0.4, 0.5) is 5.82 Å². The maximum Gasteiger partial charge on any atom is 0.200 e. The van der Waals surface area contributed by atoms with E-state index >= 15 is 0 Å². The Balaban J connectivity index is 2.18. The van der Waals surface area contributed by atoms with E-state index in [0.29, 0.717) is 17.9 Å². The van der Waals surface area contributed by atoms with E-state index in [9.17, 15) is 0 Å². The van der Waals surface area contributed by atoms with Crippen LogP contribution in [0.15, 0.2) is 12.1 Å². The van der Waals surface area contributed by atoms with Crippen LogP contribution in [0.25, 0.3) is 5.65 Å². The predicted octanol–water partition coefficient (Wildman–Crippen LogP) is 0.343. The highest BCUT2D eigenvalue weighted by molar-refractivity contribution is 5.42. The van der Waals surface area contributed by atoms with Gasteiger partial charge in [-0.05, 0) is 29.5 Å². The number of tetrazole rings is 1. The van der Waals surface area contributed by atoms with Crippen molar-refractivity contribution in [2.45, 2.75) is 19.4 Å². The molecule has 2 aromatic rings. The lowest BCUT2D eigenvalue weighted by Gasteiger charge is -2.10. The molecule has 0 saturated heterocycles. The van der Waals surface area contributed by atoms with Gasteiger partial charge in [0.25, 0.3) is 0 Å². The van der Waals surface area contributed by atoms with Gasteiger partial charge in [-0.25, -0.2) is 0 Å². The van der Waals surface area contributed by atoms with E-state index in [1.54, 1.807) is 6.07 Å². The second-order valence-electron chi connectivity index (χ2n) is 3.20. The van der Waals surface area contributed by atoms with Crippen molar-refractivity contribution in [3.05, 3.63) is 12.1 Å². The molecule has 0 aliphatic heterocycles. The molecule has 6 heteroatoms. The van der Waals surface area contributed by atoms with Gasteiger partial charge in [-0.15, -0.1) is 27.2 Å². The maximum absolute atomic E-state index is 5.21. The number of nitrogens with one attached hydrogen (secondary N) is 1. The number of nitrogens with zero attached hydrogens (tertiary/aromatic N) is 5. The Bertz CT molecular complexity index is 497. The third kappa shape index (κ3) is 2.02. The van der Waals surface area contributed by atoms with Gasteiger partial charge in [-0.1, -0.05) is 0 Å². The number of anilines is 1. The average Bonchev–Trinajstić information content (AvgIpc) is 2.65. The molecule has 6 nitrogen and oxygen atoms in total. The summed E-state index contributed by atoms with van der Waals surface area (Å²) < 4.78 is 1.37. The molecule has 1 unspecified atom stereocenters. The molecule has 1 atom stereocenters. The molecule has 0 spiro atoms. The molecule has 0 aromatic carbocycles. The van der Waals surface area contributed by atoms with Crippen LogP contribution in [-0.4, -0.2) is 31.3 Å². The number of terminal acetylenes is 1. The lowest BCUT2D eigenvalue weighted by atomic mass is 10.2. The summed E-state index contributed by atoms with van der Waals surface area (Å²) in [7, 11) is 0. The molecule has 0 amide bonds. The second kappa shape index (κ2) is 3.92. The fourth-order valence-corrected chi connectivity index (χ4v) is 1.21. The summed E-state index contributed by atoms with van der Waals surface area (Å²) in [6.07, 6.45) is 5.86. The molecule has 2 rings (SSSR count). The van der Waals surface area contributed by atoms with Crippen molar-refractivity contribution in [1.82, 2.24) is 25.3 Å². The summed E-state index contributed by atoms with van der Waals surface area (Å²) >= 11 is 0. The zero-order valence-corrected chi connectivity index (χ0v) is 8.25. The highest BCUT2D eigenvalue weighted by Crippen LogP contribution is 2.06. The molecule has 0 bridgehead atoms. The van der Waals surface area contributed by atoms with Gasteiger partial charge in [-0.3, -0.25) is 0 Å². The highest BCUT2D eigenvalue weighted by Gasteiger charge is 2.03. The predicted molar refractivity (Wildman–Crippen MR) is 55.1 cm³/mol. The molecule has 0 saturated carbocycles. The third-order valence-corrected chi connectivity index (χ3v) is 1.89. The van der Waals surface area contributed by atoms with Gasteiger partial charge in [0, 0.05) is 12.5 Å². The molecule has 76 valence electrons. The standard InChI is InChI=1S/C9H10N6/c1-3-4-7(2)10-8-5-6-9-11-13-14-15(9)12-8/h1,5-7H,4H2,2H3,(H,10,12). The van der Waals surface area contributed by atoms with Crippen LogP contribution in [-0.2, 0) is 0 Å². The van der Waals surface area contributed by atoms with Crippen molar-refractivity contribution in [2.24, 2.45) is 0 Å². The van der Waals surface area contributed by atoms with Gasteiger partial charge in [0.1, 0.15) is 5.82 Å². The Kier molecular flexibility index (Phi) is 2.46. The molecule has 2 aromatic heterocycles. The summed E-state index contributed by atoms with van der Waals surface area (Å²) in [5.41, 5.74) is 0.616. The first-order valence-corrected chi connectivity index (χ1v) is 4.55. The number of aromatic nitrogens is 5. The molecule has 0 fully saturated rings. The van der Waals surface area contributed by atoms with Crippen LogP contribution in [0.3, 0.4) is 0 Å². The minimum atomic E-state index is 0.177. The minimum Gasteiger partial charge on any atom is -0.365 e. The van der Waals surface area contributed by atoms with E-state index in [0.717, 1.165) is 0 Å². The fourth-order valence-electron chi connectivity index (χ4n) is 1.21. The summed E-state index contributed by atoms with van der Waals surface area (Å²) in [5.74, 6) is 3.29. The second-order valence-corrected chi connectivity index (χ2v) is 3.20. The van der Waals surface area contributed by atoms with Crippen LogP contribution >= 0.6 is 0 Å². The number of rotatable bonds is 3. The number of hydrogen-bond acceptors (Lipinski definition) is 5. The smallest absolute Gasteiger partial charge is 0.200 e. The van der Waals surface area contributed by atoms with Gasteiger partial charge in [0.2, 0.25) is 0 Å². The normalized spacial score (nSPS) is 12.3. The zero-order valence-electron chi connectivity index (χ0n) is 8.25.